The molecular formula is C17H26N2O2. The number of hydrogen-bond acceptors (Lipinski definition) is 4. The van der Waals surface area contributed by atoms with Crippen molar-refractivity contribution < 1.29 is 9.47 Å². The van der Waals surface area contributed by atoms with Crippen LogP contribution in [0.3, 0.4) is 0 Å². The van der Waals surface area contributed by atoms with Gasteiger partial charge in [-0.15, -0.1) is 0 Å². The summed E-state index contributed by atoms with van der Waals surface area (Å²) in [5.74, 6) is 1.76. The van der Waals surface area contributed by atoms with Crippen LogP contribution < -0.4 is 9.47 Å². The lowest BCUT2D eigenvalue weighted by Gasteiger charge is -2.29. The molecule has 0 unspecified atom stereocenters. The standard InChI is InChI=1S/C17H26N2O2/c1-2-18(10-11-19-8-4-3-5-9-19)13-15-6-7-16-17(12-15)21-14-20-16/h6-7,12H,2-5,8-11,13-14H2,1H3. The van der Waals surface area contributed by atoms with Gasteiger partial charge in [-0.1, -0.05) is 19.4 Å². The second-order valence-electron chi connectivity index (χ2n) is 5.96. The van der Waals surface area contributed by atoms with E-state index in [1.807, 2.05) is 6.07 Å². The van der Waals surface area contributed by atoms with E-state index in [0.717, 1.165) is 31.1 Å². The van der Waals surface area contributed by atoms with Crippen molar-refractivity contribution in [2.24, 2.45) is 0 Å². The lowest BCUT2D eigenvalue weighted by molar-refractivity contribution is 0.173. The first-order valence-electron chi connectivity index (χ1n) is 8.18. The van der Waals surface area contributed by atoms with Gasteiger partial charge in [0.25, 0.3) is 0 Å². The van der Waals surface area contributed by atoms with Crippen LogP contribution in [0.1, 0.15) is 31.7 Å². The molecular weight excluding hydrogens is 264 g/mol. The maximum Gasteiger partial charge on any atom is 0.231 e. The van der Waals surface area contributed by atoms with Crippen molar-refractivity contribution in [2.45, 2.75) is 32.7 Å². The van der Waals surface area contributed by atoms with E-state index in [-0.39, 0.29) is 0 Å². The van der Waals surface area contributed by atoms with Crippen molar-refractivity contribution >= 4 is 0 Å². The van der Waals surface area contributed by atoms with Crippen LogP contribution in [-0.2, 0) is 6.54 Å². The maximum absolute atomic E-state index is 5.46. The smallest absolute Gasteiger partial charge is 0.231 e. The van der Waals surface area contributed by atoms with E-state index in [9.17, 15) is 0 Å². The molecule has 0 N–H and O–H groups in total. The molecule has 2 aliphatic rings. The molecule has 0 saturated carbocycles. The number of piperidine rings is 1. The minimum absolute atomic E-state index is 0.352. The summed E-state index contributed by atoms with van der Waals surface area (Å²) in [6, 6.07) is 6.29. The fourth-order valence-corrected chi connectivity index (χ4v) is 3.11. The summed E-state index contributed by atoms with van der Waals surface area (Å²) in [5, 5.41) is 0. The summed E-state index contributed by atoms with van der Waals surface area (Å²) in [6.45, 7) is 9.56. The Kier molecular flexibility index (Phi) is 4.99. The topological polar surface area (TPSA) is 24.9 Å². The van der Waals surface area contributed by atoms with E-state index in [1.165, 1.54) is 44.5 Å². The number of likely N-dealkylation sites (N-methyl/N-ethyl adjacent to an activating group) is 1. The van der Waals surface area contributed by atoms with Gasteiger partial charge in [0.2, 0.25) is 6.79 Å². The third-order valence-electron chi connectivity index (χ3n) is 4.47. The van der Waals surface area contributed by atoms with E-state index in [0.29, 0.717) is 6.79 Å². The number of ether oxygens (including phenoxy) is 2. The number of nitrogens with zero attached hydrogens (tertiary/aromatic N) is 2. The lowest BCUT2D eigenvalue weighted by atomic mass is 10.1. The Morgan fingerprint density at radius 1 is 1.10 bits per heavy atom. The van der Waals surface area contributed by atoms with E-state index in [4.69, 9.17) is 9.47 Å². The van der Waals surface area contributed by atoms with Crippen molar-refractivity contribution in [3.05, 3.63) is 23.8 Å². The van der Waals surface area contributed by atoms with E-state index >= 15 is 0 Å². The first-order chi connectivity index (χ1) is 10.3. The molecule has 0 aromatic heterocycles. The molecule has 0 spiro atoms. The van der Waals surface area contributed by atoms with Crippen LogP contribution in [0.2, 0.25) is 0 Å². The molecule has 0 amide bonds. The summed E-state index contributed by atoms with van der Waals surface area (Å²) in [5.41, 5.74) is 1.31. The van der Waals surface area contributed by atoms with Crippen molar-refractivity contribution in [3.8, 4) is 11.5 Å². The van der Waals surface area contributed by atoms with Gasteiger partial charge in [0.05, 0.1) is 0 Å². The number of fused-ring (bicyclic) bond motifs is 1. The van der Waals surface area contributed by atoms with Crippen LogP contribution >= 0.6 is 0 Å². The molecule has 1 saturated heterocycles. The zero-order chi connectivity index (χ0) is 14.5. The third kappa shape index (κ3) is 3.89. The monoisotopic (exact) mass is 290 g/mol. The van der Waals surface area contributed by atoms with Crippen LogP contribution in [-0.4, -0.2) is 49.3 Å². The lowest BCUT2D eigenvalue weighted by Crippen LogP contribution is -2.37. The highest BCUT2D eigenvalue weighted by Crippen LogP contribution is 2.32. The zero-order valence-corrected chi connectivity index (χ0v) is 13.0. The summed E-state index contributed by atoms with van der Waals surface area (Å²) < 4.78 is 10.8. The van der Waals surface area contributed by atoms with Gasteiger partial charge >= 0.3 is 0 Å². The van der Waals surface area contributed by atoms with Crippen LogP contribution in [0.4, 0.5) is 0 Å². The summed E-state index contributed by atoms with van der Waals surface area (Å²) in [7, 11) is 0. The molecule has 0 aliphatic carbocycles. The Labute approximate surface area is 127 Å². The minimum Gasteiger partial charge on any atom is -0.454 e. The van der Waals surface area contributed by atoms with Gasteiger partial charge < -0.3 is 14.4 Å². The molecule has 4 nitrogen and oxygen atoms in total. The van der Waals surface area contributed by atoms with Gasteiger partial charge in [-0.25, -0.2) is 0 Å². The number of likely N-dealkylation sites (tertiary alicyclic amines) is 1. The summed E-state index contributed by atoms with van der Waals surface area (Å²) in [6.07, 6.45) is 4.15. The van der Waals surface area contributed by atoms with Crippen LogP contribution in [0, 0.1) is 0 Å². The van der Waals surface area contributed by atoms with Gasteiger partial charge in [0.15, 0.2) is 11.5 Å². The summed E-state index contributed by atoms with van der Waals surface area (Å²) in [4.78, 5) is 5.11. The van der Waals surface area contributed by atoms with Crippen LogP contribution in [0.25, 0.3) is 0 Å². The highest BCUT2D eigenvalue weighted by molar-refractivity contribution is 5.44. The quantitative estimate of drug-likeness (QED) is 0.804. The highest BCUT2D eigenvalue weighted by atomic mass is 16.7. The van der Waals surface area contributed by atoms with Gasteiger partial charge in [-0.05, 0) is 50.2 Å². The SMILES string of the molecule is CCN(CCN1CCCCC1)Cc1ccc2c(c1)OCO2. The first-order valence-corrected chi connectivity index (χ1v) is 8.18. The first kappa shape index (κ1) is 14.7. The van der Waals surface area contributed by atoms with Gasteiger partial charge in [0.1, 0.15) is 0 Å². The fraction of sp³-hybridized carbons (Fsp3) is 0.647. The largest absolute Gasteiger partial charge is 0.454 e. The molecule has 2 aliphatic heterocycles. The highest BCUT2D eigenvalue weighted by Gasteiger charge is 2.15. The van der Waals surface area contributed by atoms with Crippen molar-refractivity contribution in [1.29, 1.82) is 0 Å². The molecule has 0 bridgehead atoms. The normalized spacial score (nSPS) is 18.4. The Hall–Kier alpha value is -1.26. The van der Waals surface area contributed by atoms with E-state index < -0.39 is 0 Å². The molecule has 3 rings (SSSR count). The second-order valence-corrected chi connectivity index (χ2v) is 5.96. The van der Waals surface area contributed by atoms with E-state index in [2.05, 4.69) is 28.9 Å². The Balaban J connectivity index is 1.51. The number of rotatable bonds is 6. The zero-order valence-electron chi connectivity index (χ0n) is 13.0. The predicted molar refractivity (Wildman–Crippen MR) is 83.8 cm³/mol. The van der Waals surface area contributed by atoms with Crippen molar-refractivity contribution in [1.82, 2.24) is 9.80 Å². The van der Waals surface area contributed by atoms with Crippen molar-refractivity contribution in [3.63, 3.8) is 0 Å². The molecule has 1 aromatic carbocycles. The molecule has 0 radical (unpaired) electrons. The molecule has 1 fully saturated rings. The third-order valence-corrected chi connectivity index (χ3v) is 4.47. The van der Waals surface area contributed by atoms with Crippen molar-refractivity contribution in [2.75, 3.05) is 39.5 Å². The molecule has 0 atom stereocenters. The Morgan fingerprint density at radius 3 is 2.71 bits per heavy atom. The average molecular weight is 290 g/mol. The summed E-state index contributed by atoms with van der Waals surface area (Å²) >= 11 is 0. The molecule has 1 aromatic rings. The Morgan fingerprint density at radius 2 is 1.90 bits per heavy atom. The number of benzene rings is 1. The minimum atomic E-state index is 0.352. The van der Waals surface area contributed by atoms with Crippen LogP contribution in [0.5, 0.6) is 11.5 Å². The van der Waals surface area contributed by atoms with E-state index in [1.54, 1.807) is 0 Å². The molecule has 21 heavy (non-hydrogen) atoms. The maximum atomic E-state index is 5.46. The van der Waals surface area contributed by atoms with Gasteiger partial charge in [-0.2, -0.15) is 0 Å². The average Bonchev–Trinajstić information content (AvgIpc) is 3.00. The second kappa shape index (κ2) is 7.14. The van der Waals surface area contributed by atoms with Crippen LogP contribution in [0.15, 0.2) is 18.2 Å². The fourth-order valence-electron chi connectivity index (χ4n) is 3.11. The predicted octanol–water partition coefficient (Wildman–Crippen LogP) is 2.72. The van der Waals surface area contributed by atoms with Gasteiger partial charge in [0, 0.05) is 19.6 Å². The van der Waals surface area contributed by atoms with Gasteiger partial charge in [-0.3, -0.25) is 4.90 Å². The number of hydrogen-bond donors (Lipinski definition) is 0. The Bertz CT molecular complexity index is 458. The molecule has 4 heteroatoms. The molecule has 2 heterocycles. The molecule has 116 valence electrons.